The van der Waals surface area contributed by atoms with Crippen LogP contribution in [0.3, 0.4) is 0 Å². The zero-order chi connectivity index (χ0) is 25.1. The largest absolute Gasteiger partial charge is 0.284 e. The van der Waals surface area contributed by atoms with Gasteiger partial charge in [-0.2, -0.15) is 0 Å². The Labute approximate surface area is 221 Å². The quantitative estimate of drug-likeness (QED) is 0.219. The Bertz CT molecular complexity index is 1360. The lowest BCUT2D eigenvalue weighted by Gasteiger charge is -2.20. The number of hydrogen-bond donors (Lipinski definition) is 0. The van der Waals surface area contributed by atoms with E-state index in [4.69, 9.17) is 0 Å². The van der Waals surface area contributed by atoms with Crippen molar-refractivity contribution < 1.29 is 0 Å². The van der Waals surface area contributed by atoms with Gasteiger partial charge in [-0.1, -0.05) is 168 Å². The molecule has 0 spiro atoms. The molecule has 5 aromatic rings. The average molecular weight is 475 g/mol. The van der Waals surface area contributed by atoms with Gasteiger partial charge in [-0.25, -0.2) is 0 Å². The predicted octanol–water partition coefficient (Wildman–Crippen LogP) is 5.26. The van der Waals surface area contributed by atoms with Crippen LogP contribution < -0.4 is 16.4 Å². The smallest absolute Gasteiger partial charge is 0.241 e. The molecule has 0 saturated heterocycles. The van der Waals surface area contributed by atoms with Gasteiger partial charge in [0.25, 0.3) is 0 Å². The van der Waals surface area contributed by atoms with Crippen molar-refractivity contribution in [3.05, 3.63) is 162 Å². The molecule has 0 atom stereocenters. The van der Waals surface area contributed by atoms with E-state index in [-0.39, 0.29) is 6.71 Å². The molecule has 0 radical (unpaired) electrons. The molecule has 178 valence electrons. The van der Waals surface area contributed by atoms with Crippen molar-refractivity contribution in [1.82, 2.24) is 4.90 Å². The highest BCUT2D eigenvalue weighted by Crippen LogP contribution is 2.10. The van der Waals surface area contributed by atoms with Gasteiger partial charge in [0.2, 0.25) is 6.71 Å². The van der Waals surface area contributed by atoms with Crippen LogP contribution in [0.4, 0.5) is 0 Å². The van der Waals surface area contributed by atoms with E-state index in [1.807, 2.05) is 0 Å². The number of benzene rings is 5. The van der Waals surface area contributed by atoms with Gasteiger partial charge in [-0.15, -0.1) is 0 Å². The van der Waals surface area contributed by atoms with Crippen LogP contribution in [0.25, 0.3) is 0 Å². The molecule has 0 aliphatic heterocycles. The standard InChI is InChI=1S/C35H30BN/c1-5-15-31(16-6-1)28-37(29-32-17-7-2-8-18-32)26-14-20-30-19-13-25-35(27-30)36(33-21-9-3-10-22-33)34-23-11-4-12-24-34/h1-13,15-19,21-25,27H,26,28-29H2. The highest BCUT2D eigenvalue weighted by Gasteiger charge is 2.21. The summed E-state index contributed by atoms with van der Waals surface area (Å²) >= 11 is 0. The summed E-state index contributed by atoms with van der Waals surface area (Å²) in [6, 6.07) is 51.4. The number of hydrogen-bond acceptors (Lipinski definition) is 1. The van der Waals surface area contributed by atoms with Crippen molar-refractivity contribution in [3.63, 3.8) is 0 Å². The summed E-state index contributed by atoms with van der Waals surface area (Å²) in [4.78, 5) is 2.40. The molecule has 0 amide bonds. The molecule has 0 heterocycles. The Hall–Kier alpha value is -4.32. The molecule has 5 aromatic carbocycles. The first-order chi connectivity index (χ1) is 18.3. The third-order valence-corrected chi connectivity index (χ3v) is 6.52. The second kappa shape index (κ2) is 12.6. The van der Waals surface area contributed by atoms with E-state index in [2.05, 4.69) is 162 Å². The Morgan fingerprint density at radius 1 is 0.486 bits per heavy atom. The molecule has 0 fully saturated rings. The van der Waals surface area contributed by atoms with Crippen molar-refractivity contribution in [2.45, 2.75) is 13.1 Å². The number of nitrogens with zero attached hydrogens (tertiary/aromatic N) is 1. The van der Waals surface area contributed by atoms with Crippen LogP contribution in [0, 0.1) is 11.8 Å². The first kappa shape index (κ1) is 24.4. The van der Waals surface area contributed by atoms with E-state index in [0.29, 0.717) is 6.54 Å². The average Bonchev–Trinajstić information content (AvgIpc) is 2.96. The van der Waals surface area contributed by atoms with E-state index in [0.717, 1.165) is 18.7 Å². The maximum Gasteiger partial charge on any atom is 0.241 e. The maximum absolute atomic E-state index is 3.46. The summed E-state index contributed by atoms with van der Waals surface area (Å²) in [7, 11) is 0. The molecule has 1 nitrogen and oxygen atoms in total. The summed E-state index contributed by atoms with van der Waals surface area (Å²) in [6.07, 6.45) is 0. The highest BCUT2D eigenvalue weighted by molar-refractivity contribution is 6.95. The lowest BCUT2D eigenvalue weighted by molar-refractivity contribution is 0.290. The van der Waals surface area contributed by atoms with Crippen molar-refractivity contribution in [3.8, 4) is 11.8 Å². The van der Waals surface area contributed by atoms with Crippen molar-refractivity contribution in [2.75, 3.05) is 6.54 Å². The molecule has 0 aromatic heterocycles. The van der Waals surface area contributed by atoms with Crippen LogP contribution in [0.2, 0.25) is 0 Å². The van der Waals surface area contributed by atoms with Gasteiger partial charge < -0.3 is 0 Å². The van der Waals surface area contributed by atoms with E-state index in [1.165, 1.54) is 27.5 Å². The first-order valence-electron chi connectivity index (χ1n) is 12.8. The molecule has 0 saturated carbocycles. The second-order valence-corrected chi connectivity index (χ2v) is 9.30. The van der Waals surface area contributed by atoms with Gasteiger partial charge in [0, 0.05) is 18.7 Å². The Kier molecular flexibility index (Phi) is 8.29. The van der Waals surface area contributed by atoms with Crippen LogP contribution in [-0.2, 0) is 13.1 Å². The number of rotatable bonds is 8. The fraction of sp³-hybridized carbons (Fsp3) is 0.0857. The summed E-state index contributed by atoms with van der Waals surface area (Å²) < 4.78 is 0. The Balaban J connectivity index is 1.38. The minimum absolute atomic E-state index is 0.178. The minimum Gasteiger partial charge on any atom is -0.284 e. The van der Waals surface area contributed by atoms with Crippen molar-refractivity contribution in [2.24, 2.45) is 0 Å². The minimum atomic E-state index is 0.178. The molecule has 0 aliphatic carbocycles. The van der Waals surface area contributed by atoms with Gasteiger partial charge in [0.1, 0.15) is 0 Å². The lowest BCUT2D eigenvalue weighted by atomic mass is 9.37. The molecule has 0 aliphatic rings. The molecule has 0 unspecified atom stereocenters. The predicted molar refractivity (Wildman–Crippen MR) is 158 cm³/mol. The lowest BCUT2D eigenvalue weighted by Crippen LogP contribution is -2.51. The topological polar surface area (TPSA) is 3.24 Å². The Morgan fingerprint density at radius 2 is 0.946 bits per heavy atom. The van der Waals surface area contributed by atoms with Crippen LogP contribution in [0.15, 0.2) is 146 Å². The monoisotopic (exact) mass is 475 g/mol. The second-order valence-electron chi connectivity index (χ2n) is 9.30. The van der Waals surface area contributed by atoms with Crippen LogP contribution in [0.1, 0.15) is 16.7 Å². The highest BCUT2D eigenvalue weighted by atomic mass is 15.1. The zero-order valence-electron chi connectivity index (χ0n) is 21.0. The molecule has 37 heavy (non-hydrogen) atoms. The molecular formula is C35H30BN. The van der Waals surface area contributed by atoms with E-state index < -0.39 is 0 Å². The van der Waals surface area contributed by atoms with E-state index >= 15 is 0 Å². The maximum atomic E-state index is 3.46. The molecule has 0 bridgehead atoms. The van der Waals surface area contributed by atoms with Crippen molar-refractivity contribution >= 4 is 23.1 Å². The normalized spacial score (nSPS) is 10.5. The molecular weight excluding hydrogens is 445 g/mol. The summed E-state index contributed by atoms with van der Waals surface area (Å²) in [6.45, 7) is 2.62. The van der Waals surface area contributed by atoms with E-state index in [9.17, 15) is 0 Å². The third-order valence-electron chi connectivity index (χ3n) is 6.52. The van der Waals surface area contributed by atoms with Gasteiger partial charge in [0.05, 0.1) is 6.54 Å². The van der Waals surface area contributed by atoms with Gasteiger partial charge in [-0.3, -0.25) is 4.90 Å². The fourth-order valence-electron chi connectivity index (χ4n) is 4.77. The van der Waals surface area contributed by atoms with Gasteiger partial charge >= 0.3 is 0 Å². The zero-order valence-corrected chi connectivity index (χ0v) is 21.0. The third kappa shape index (κ3) is 6.88. The van der Waals surface area contributed by atoms with E-state index in [1.54, 1.807) is 0 Å². The van der Waals surface area contributed by atoms with Gasteiger partial charge in [0.15, 0.2) is 0 Å². The van der Waals surface area contributed by atoms with Crippen molar-refractivity contribution in [1.29, 1.82) is 0 Å². The first-order valence-corrected chi connectivity index (χ1v) is 12.8. The summed E-state index contributed by atoms with van der Waals surface area (Å²) in [5, 5.41) is 0. The van der Waals surface area contributed by atoms with Crippen LogP contribution in [-0.4, -0.2) is 18.2 Å². The Morgan fingerprint density at radius 3 is 1.46 bits per heavy atom. The van der Waals surface area contributed by atoms with Crippen LogP contribution >= 0.6 is 0 Å². The molecule has 5 rings (SSSR count). The molecule has 2 heteroatoms. The SMILES string of the molecule is C(#Cc1cccc(B(c2ccccc2)c2ccccc2)c1)CN(Cc1ccccc1)Cc1ccccc1. The summed E-state index contributed by atoms with van der Waals surface area (Å²) in [5.41, 5.74) is 7.49. The van der Waals surface area contributed by atoms with Crippen LogP contribution in [0.5, 0.6) is 0 Å². The fourth-order valence-corrected chi connectivity index (χ4v) is 4.77. The molecule has 0 N–H and O–H groups in total. The van der Waals surface area contributed by atoms with Gasteiger partial charge in [-0.05, 0) is 17.2 Å². The summed E-state index contributed by atoms with van der Waals surface area (Å²) in [5.74, 6) is 6.92.